The van der Waals surface area contributed by atoms with E-state index >= 15 is 0 Å². The van der Waals surface area contributed by atoms with E-state index in [0.717, 1.165) is 39.7 Å². The lowest BCUT2D eigenvalue weighted by Gasteiger charge is -1.99. The van der Waals surface area contributed by atoms with E-state index in [-0.39, 0.29) is 0 Å². The second kappa shape index (κ2) is 4.66. The Balaban J connectivity index is 1.67. The standard InChI is InChI=1S/C12H13N5S/c13-8-1-2-10-11(5-8)18-12(17-10)15-4-3-9-6-14-7-16-9/h1-2,5-7H,3-4,13H2,(H,14,16)(H,15,17). The van der Waals surface area contributed by atoms with E-state index in [4.69, 9.17) is 5.73 Å². The summed E-state index contributed by atoms with van der Waals surface area (Å²) in [6, 6.07) is 5.77. The lowest BCUT2D eigenvalue weighted by molar-refractivity contribution is 0.975. The van der Waals surface area contributed by atoms with E-state index in [1.807, 2.05) is 24.4 Å². The van der Waals surface area contributed by atoms with Gasteiger partial charge in [-0.05, 0) is 18.2 Å². The number of rotatable bonds is 4. The van der Waals surface area contributed by atoms with Gasteiger partial charge in [-0.1, -0.05) is 11.3 Å². The third kappa shape index (κ3) is 2.28. The number of hydrogen-bond donors (Lipinski definition) is 3. The molecule has 0 aliphatic rings. The number of anilines is 2. The van der Waals surface area contributed by atoms with Crippen molar-refractivity contribution in [1.82, 2.24) is 15.0 Å². The number of thiazole rings is 1. The van der Waals surface area contributed by atoms with Gasteiger partial charge in [0.1, 0.15) is 0 Å². The Morgan fingerprint density at radius 3 is 3.17 bits per heavy atom. The van der Waals surface area contributed by atoms with Crippen molar-refractivity contribution in [1.29, 1.82) is 0 Å². The van der Waals surface area contributed by atoms with E-state index < -0.39 is 0 Å². The fraction of sp³-hybridized carbons (Fsp3) is 0.167. The van der Waals surface area contributed by atoms with Crippen molar-refractivity contribution >= 4 is 32.4 Å². The van der Waals surface area contributed by atoms with Crippen LogP contribution >= 0.6 is 11.3 Å². The van der Waals surface area contributed by atoms with E-state index in [1.165, 1.54) is 0 Å². The van der Waals surface area contributed by atoms with Crippen LogP contribution in [-0.2, 0) is 6.42 Å². The molecular formula is C12H13N5S. The molecule has 0 saturated heterocycles. The van der Waals surface area contributed by atoms with Gasteiger partial charge in [-0.2, -0.15) is 0 Å². The van der Waals surface area contributed by atoms with E-state index in [0.29, 0.717) is 0 Å². The van der Waals surface area contributed by atoms with Gasteiger partial charge in [0.05, 0.1) is 16.5 Å². The average molecular weight is 259 g/mol. The number of nitrogens with one attached hydrogen (secondary N) is 2. The molecule has 0 spiro atoms. The number of benzene rings is 1. The predicted molar refractivity (Wildman–Crippen MR) is 74.8 cm³/mol. The van der Waals surface area contributed by atoms with Crippen LogP contribution in [0.4, 0.5) is 10.8 Å². The Morgan fingerprint density at radius 2 is 2.33 bits per heavy atom. The van der Waals surface area contributed by atoms with E-state index in [9.17, 15) is 0 Å². The van der Waals surface area contributed by atoms with Gasteiger partial charge in [-0.15, -0.1) is 0 Å². The second-order valence-corrected chi connectivity index (χ2v) is 5.03. The van der Waals surface area contributed by atoms with Gasteiger partial charge in [-0.25, -0.2) is 9.97 Å². The maximum atomic E-state index is 5.74. The summed E-state index contributed by atoms with van der Waals surface area (Å²) in [7, 11) is 0. The van der Waals surface area contributed by atoms with Crippen molar-refractivity contribution in [3.05, 3.63) is 36.4 Å². The maximum Gasteiger partial charge on any atom is 0.183 e. The first-order valence-electron chi connectivity index (χ1n) is 5.68. The fourth-order valence-corrected chi connectivity index (χ4v) is 2.68. The second-order valence-electron chi connectivity index (χ2n) is 4.00. The fourth-order valence-electron chi connectivity index (χ4n) is 1.74. The van der Waals surface area contributed by atoms with Gasteiger partial charge in [0.15, 0.2) is 5.13 Å². The molecular weight excluding hydrogens is 246 g/mol. The molecule has 5 nitrogen and oxygen atoms in total. The summed E-state index contributed by atoms with van der Waals surface area (Å²) in [5, 5.41) is 4.24. The molecule has 1 aromatic carbocycles. The van der Waals surface area contributed by atoms with Crippen molar-refractivity contribution in [2.45, 2.75) is 6.42 Å². The number of hydrogen-bond acceptors (Lipinski definition) is 5. The number of imidazole rings is 1. The summed E-state index contributed by atoms with van der Waals surface area (Å²) >= 11 is 1.62. The van der Waals surface area contributed by atoms with Crippen LogP contribution < -0.4 is 11.1 Å². The molecule has 0 amide bonds. The summed E-state index contributed by atoms with van der Waals surface area (Å²) in [5.41, 5.74) is 8.62. The molecule has 0 saturated carbocycles. The van der Waals surface area contributed by atoms with Gasteiger partial charge in [-0.3, -0.25) is 0 Å². The Bertz CT molecular complexity index is 644. The van der Waals surface area contributed by atoms with Crippen LogP contribution in [0, 0.1) is 0 Å². The average Bonchev–Trinajstić information content (AvgIpc) is 2.97. The van der Waals surface area contributed by atoms with Crippen LogP contribution in [-0.4, -0.2) is 21.5 Å². The van der Waals surface area contributed by atoms with Crippen molar-refractivity contribution in [2.24, 2.45) is 0 Å². The quantitative estimate of drug-likeness (QED) is 0.628. The zero-order valence-corrected chi connectivity index (χ0v) is 10.5. The van der Waals surface area contributed by atoms with E-state index in [1.54, 1.807) is 17.7 Å². The summed E-state index contributed by atoms with van der Waals surface area (Å²) in [4.78, 5) is 11.6. The lowest BCUT2D eigenvalue weighted by atomic mass is 10.3. The Labute approximate surface area is 108 Å². The monoisotopic (exact) mass is 259 g/mol. The molecule has 3 aromatic rings. The van der Waals surface area contributed by atoms with E-state index in [2.05, 4.69) is 20.3 Å². The molecule has 0 fully saturated rings. The molecule has 6 heteroatoms. The maximum absolute atomic E-state index is 5.74. The summed E-state index contributed by atoms with van der Waals surface area (Å²) in [6.07, 6.45) is 4.43. The molecule has 2 heterocycles. The molecule has 0 atom stereocenters. The minimum Gasteiger partial charge on any atom is -0.399 e. The number of fused-ring (bicyclic) bond motifs is 1. The number of nitrogens with zero attached hydrogens (tertiary/aromatic N) is 2. The first kappa shape index (κ1) is 11.0. The molecule has 92 valence electrons. The van der Waals surface area contributed by atoms with Crippen LogP contribution in [0.3, 0.4) is 0 Å². The summed E-state index contributed by atoms with van der Waals surface area (Å²) in [5.74, 6) is 0. The van der Waals surface area contributed by atoms with Crippen molar-refractivity contribution in [3.63, 3.8) is 0 Å². The van der Waals surface area contributed by atoms with Gasteiger partial charge < -0.3 is 16.0 Å². The molecule has 0 bridgehead atoms. The highest BCUT2D eigenvalue weighted by molar-refractivity contribution is 7.22. The Hall–Kier alpha value is -2.08. The SMILES string of the molecule is Nc1ccc2nc(NCCc3cnc[nH]3)sc2c1. The zero-order chi connectivity index (χ0) is 12.4. The molecule has 0 unspecified atom stereocenters. The van der Waals surface area contributed by atoms with Crippen LogP contribution in [0.2, 0.25) is 0 Å². The lowest BCUT2D eigenvalue weighted by Crippen LogP contribution is -2.04. The summed E-state index contributed by atoms with van der Waals surface area (Å²) in [6.45, 7) is 0.831. The molecule has 4 N–H and O–H groups in total. The number of nitrogen functional groups attached to an aromatic ring is 1. The Kier molecular flexibility index (Phi) is 2.85. The molecule has 0 aliphatic carbocycles. The number of H-pyrrole nitrogens is 1. The smallest absolute Gasteiger partial charge is 0.183 e. The number of aromatic amines is 1. The van der Waals surface area contributed by atoms with Crippen LogP contribution in [0.1, 0.15) is 5.69 Å². The van der Waals surface area contributed by atoms with Crippen molar-refractivity contribution in [3.8, 4) is 0 Å². The first-order chi connectivity index (χ1) is 8.81. The van der Waals surface area contributed by atoms with Crippen LogP contribution in [0.25, 0.3) is 10.2 Å². The third-order valence-electron chi connectivity index (χ3n) is 2.64. The Morgan fingerprint density at radius 1 is 1.39 bits per heavy atom. The minimum absolute atomic E-state index is 0.773. The normalized spacial score (nSPS) is 10.9. The summed E-state index contributed by atoms with van der Waals surface area (Å²) < 4.78 is 1.11. The van der Waals surface area contributed by atoms with Crippen molar-refractivity contribution < 1.29 is 0 Å². The number of nitrogens with two attached hydrogens (primary N) is 1. The van der Waals surface area contributed by atoms with Gasteiger partial charge >= 0.3 is 0 Å². The van der Waals surface area contributed by atoms with Gasteiger partial charge in [0.25, 0.3) is 0 Å². The molecule has 3 rings (SSSR count). The van der Waals surface area contributed by atoms with Crippen LogP contribution in [0.5, 0.6) is 0 Å². The molecule has 0 aliphatic heterocycles. The highest BCUT2D eigenvalue weighted by Crippen LogP contribution is 2.27. The predicted octanol–water partition coefficient (Wildman–Crippen LogP) is 2.26. The van der Waals surface area contributed by atoms with Crippen LogP contribution in [0.15, 0.2) is 30.7 Å². The highest BCUT2D eigenvalue weighted by Gasteiger charge is 2.03. The van der Waals surface area contributed by atoms with Gasteiger partial charge in [0, 0.05) is 30.5 Å². The minimum atomic E-state index is 0.773. The molecule has 18 heavy (non-hydrogen) atoms. The highest BCUT2D eigenvalue weighted by atomic mass is 32.1. The molecule has 0 radical (unpaired) electrons. The van der Waals surface area contributed by atoms with Gasteiger partial charge in [0.2, 0.25) is 0 Å². The van der Waals surface area contributed by atoms with Crippen molar-refractivity contribution in [2.75, 3.05) is 17.6 Å². The molecule has 2 aromatic heterocycles. The third-order valence-corrected chi connectivity index (χ3v) is 3.61. The first-order valence-corrected chi connectivity index (χ1v) is 6.50. The topological polar surface area (TPSA) is 79.6 Å². The largest absolute Gasteiger partial charge is 0.399 e. The number of aromatic nitrogens is 3. The zero-order valence-electron chi connectivity index (χ0n) is 9.68.